The van der Waals surface area contributed by atoms with Crippen molar-refractivity contribution in [3.05, 3.63) is 218 Å². The number of hydrogen-bond acceptors (Lipinski definition) is 1. The van der Waals surface area contributed by atoms with Crippen molar-refractivity contribution in [2.45, 2.75) is 0 Å². The molecule has 0 atom stereocenters. The lowest BCUT2D eigenvalue weighted by molar-refractivity contribution is 1.16. The molecule has 3 aromatic heterocycles. The summed E-state index contributed by atoms with van der Waals surface area (Å²) in [7, 11) is 0. The average Bonchev–Trinajstić information content (AvgIpc) is 3.93. The minimum absolute atomic E-state index is 1.07. The fourth-order valence-corrected chi connectivity index (χ4v) is 9.38. The Kier molecular flexibility index (Phi) is 7.20. The molecule has 0 unspecified atom stereocenters. The van der Waals surface area contributed by atoms with Crippen LogP contribution in [0.4, 0.5) is 17.1 Å². The highest BCUT2D eigenvalue weighted by Crippen LogP contribution is 2.46. The van der Waals surface area contributed by atoms with Gasteiger partial charge in [-0.15, -0.1) is 0 Å². The number of hydrogen-bond donors (Lipinski definition) is 0. The topological polar surface area (TPSA) is 18.0 Å². The van der Waals surface area contributed by atoms with Crippen LogP contribution in [0, 0.1) is 0 Å². The van der Waals surface area contributed by atoms with Crippen molar-refractivity contribution < 1.29 is 0 Å². The van der Waals surface area contributed by atoms with E-state index in [1.165, 1.54) is 59.9 Å². The molecule has 0 amide bonds. The summed E-state index contributed by atoms with van der Waals surface area (Å²) in [6.07, 6.45) is 0. The Bertz CT molecular complexity index is 3450. The fourth-order valence-electron chi connectivity index (χ4n) is 9.38. The molecule has 0 radical (unpaired) electrons. The Hall–Kier alpha value is -7.82. The fraction of sp³-hybridized carbons (Fsp3) is 0. The van der Waals surface area contributed by atoms with Gasteiger partial charge in [-0.05, 0) is 91.0 Å². The molecular weight excluding hydrogens is 705 g/mol. The van der Waals surface area contributed by atoms with Gasteiger partial charge in [-0.1, -0.05) is 127 Å². The zero-order chi connectivity index (χ0) is 38.2. The quantitative estimate of drug-likeness (QED) is 0.166. The lowest BCUT2D eigenvalue weighted by Gasteiger charge is -2.27. The maximum atomic E-state index is 2.48. The third kappa shape index (κ3) is 4.82. The molecule has 0 aliphatic rings. The number of fused-ring (bicyclic) bond motifs is 9. The Morgan fingerprint density at radius 2 is 0.690 bits per heavy atom. The Balaban J connectivity index is 1.21. The van der Waals surface area contributed by atoms with Crippen LogP contribution in [0.3, 0.4) is 0 Å². The Labute approximate surface area is 335 Å². The van der Waals surface area contributed by atoms with Crippen LogP contribution in [0.5, 0.6) is 0 Å². The normalized spacial score (nSPS) is 11.8. The maximum absolute atomic E-state index is 2.48. The first-order valence-electron chi connectivity index (χ1n) is 19.9. The van der Waals surface area contributed by atoms with E-state index in [4.69, 9.17) is 0 Å². The molecule has 0 spiro atoms. The Morgan fingerprint density at radius 3 is 1.28 bits per heavy atom. The molecular formula is C54H36N4. The van der Waals surface area contributed by atoms with Crippen molar-refractivity contribution in [2.24, 2.45) is 0 Å². The maximum Gasteiger partial charge on any atom is 0.0583 e. The minimum atomic E-state index is 1.07. The summed E-state index contributed by atoms with van der Waals surface area (Å²) in [5, 5.41) is 7.34. The summed E-state index contributed by atoms with van der Waals surface area (Å²) in [6, 6.07) is 79.2. The van der Waals surface area contributed by atoms with Crippen LogP contribution in [-0.4, -0.2) is 13.7 Å². The predicted octanol–water partition coefficient (Wildman–Crippen LogP) is 14.4. The molecule has 0 bridgehead atoms. The highest BCUT2D eigenvalue weighted by Gasteiger charge is 2.24. The van der Waals surface area contributed by atoms with Crippen molar-refractivity contribution >= 4 is 82.5 Å². The lowest BCUT2D eigenvalue weighted by atomic mass is 10.1. The second-order valence-electron chi connectivity index (χ2n) is 15.0. The van der Waals surface area contributed by atoms with Gasteiger partial charge in [0.1, 0.15) is 0 Å². The SMILES string of the molecule is c1ccc(N(c2ccc3c(c2)c2ccccc2n3-c2ccccc2)c2cc(-n3c4ccccc4c4ccccc43)c3c4ccccc4n(-c4ccccc4)c3c2)cc1. The summed E-state index contributed by atoms with van der Waals surface area (Å²) in [4.78, 5) is 2.43. The van der Waals surface area contributed by atoms with E-state index in [-0.39, 0.29) is 0 Å². The highest BCUT2D eigenvalue weighted by molar-refractivity contribution is 6.18. The first-order chi connectivity index (χ1) is 28.8. The molecule has 0 saturated carbocycles. The number of aromatic nitrogens is 3. The highest BCUT2D eigenvalue weighted by atomic mass is 15.2. The zero-order valence-corrected chi connectivity index (χ0v) is 31.6. The monoisotopic (exact) mass is 740 g/mol. The number of nitrogens with zero attached hydrogens (tertiary/aromatic N) is 4. The summed E-state index contributed by atoms with van der Waals surface area (Å²) < 4.78 is 7.30. The van der Waals surface area contributed by atoms with E-state index >= 15 is 0 Å². The molecule has 4 heteroatoms. The third-order valence-corrected chi connectivity index (χ3v) is 11.8. The smallest absolute Gasteiger partial charge is 0.0583 e. The van der Waals surface area contributed by atoms with E-state index < -0.39 is 0 Å². The number of para-hydroxylation sites is 7. The van der Waals surface area contributed by atoms with Gasteiger partial charge in [-0.25, -0.2) is 0 Å². The molecule has 0 aliphatic carbocycles. The van der Waals surface area contributed by atoms with Gasteiger partial charge in [-0.2, -0.15) is 0 Å². The van der Waals surface area contributed by atoms with Crippen molar-refractivity contribution in [1.82, 2.24) is 13.7 Å². The molecule has 0 fully saturated rings. The van der Waals surface area contributed by atoms with Gasteiger partial charge in [-0.3, -0.25) is 0 Å². The van der Waals surface area contributed by atoms with Gasteiger partial charge in [0, 0.05) is 55.1 Å². The molecule has 3 heterocycles. The van der Waals surface area contributed by atoms with E-state index in [0.29, 0.717) is 0 Å². The van der Waals surface area contributed by atoms with Crippen molar-refractivity contribution in [3.8, 4) is 17.1 Å². The van der Waals surface area contributed by atoms with Gasteiger partial charge >= 0.3 is 0 Å². The number of rotatable bonds is 6. The van der Waals surface area contributed by atoms with Crippen LogP contribution in [0.2, 0.25) is 0 Å². The largest absolute Gasteiger partial charge is 0.310 e. The van der Waals surface area contributed by atoms with E-state index in [9.17, 15) is 0 Å². The lowest BCUT2D eigenvalue weighted by Crippen LogP contribution is -2.11. The van der Waals surface area contributed by atoms with Gasteiger partial charge in [0.25, 0.3) is 0 Å². The van der Waals surface area contributed by atoms with Crippen molar-refractivity contribution in [1.29, 1.82) is 0 Å². The second-order valence-corrected chi connectivity index (χ2v) is 15.0. The van der Waals surface area contributed by atoms with Crippen molar-refractivity contribution in [3.63, 3.8) is 0 Å². The molecule has 58 heavy (non-hydrogen) atoms. The summed E-state index contributed by atoms with van der Waals surface area (Å²) in [5.74, 6) is 0. The molecule has 0 N–H and O–H groups in total. The molecule has 0 aliphatic heterocycles. The van der Waals surface area contributed by atoms with Crippen LogP contribution in [0.1, 0.15) is 0 Å². The van der Waals surface area contributed by atoms with Crippen LogP contribution < -0.4 is 4.90 Å². The summed E-state index contributed by atoms with van der Waals surface area (Å²) >= 11 is 0. The third-order valence-electron chi connectivity index (χ3n) is 11.8. The Morgan fingerprint density at radius 1 is 0.259 bits per heavy atom. The average molecular weight is 741 g/mol. The van der Waals surface area contributed by atoms with E-state index in [1.807, 2.05) is 0 Å². The van der Waals surface area contributed by atoms with Gasteiger partial charge in [0.15, 0.2) is 0 Å². The van der Waals surface area contributed by atoms with Gasteiger partial charge in [0.05, 0.1) is 44.5 Å². The molecule has 12 rings (SSSR count). The van der Waals surface area contributed by atoms with E-state index in [2.05, 4.69) is 237 Å². The van der Waals surface area contributed by atoms with Crippen molar-refractivity contribution in [2.75, 3.05) is 4.90 Å². The standard InChI is InChI=1S/C54H36N4/c1-4-18-37(19-5-1)55(40-32-33-51-46(34-40)44-26-12-14-28-47(44)56(51)38-20-6-2-7-21-38)41-35-52-54(45-27-13-17-31-50(45)57(52)39-22-8-3-9-23-39)53(36-41)58-48-29-15-10-24-42(48)43-25-11-16-30-49(43)58/h1-36H. The van der Waals surface area contributed by atoms with Crippen LogP contribution in [0.15, 0.2) is 218 Å². The minimum Gasteiger partial charge on any atom is -0.310 e. The van der Waals surface area contributed by atoms with Crippen LogP contribution in [0.25, 0.3) is 82.5 Å². The summed E-state index contributed by atoms with van der Waals surface area (Å²) in [6.45, 7) is 0. The van der Waals surface area contributed by atoms with E-state index in [0.717, 1.165) is 39.6 Å². The first kappa shape index (κ1) is 32.4. The molecule has 12 aromatic rings. The van der Waals surface area contributed by atoms with Gasteiger partial charge in [0.2, 0.25) is 0 Å². The molecule has 4 nitrogen and oxygen atoms in total. The van der Waals surface area contributed by atoms with Crippen LogP contribution in [-0.2, 0) is 0 Å². The second kappa shape index (κ2) is 12.9. The molecule has 9 aromatic carbocycles. The predicted molar refractivity (Wildman–Crippen MR) is 244 cm³/mol. The van der Waals surface area contributed by atoms with Gasteiger partial charge < -0.3 is 18.6 Å². The molecule has 272 valence electrons. The number of anilines is 3. The van der Waals surface area contributed by atoms with E-state index in [1.54, 1.807) is 0 Å². The summed E-state index contributed by atoms with van der Waals surface area (Å²) in [5.41, 5.74) is 13.7. The zero-order valence-electron chi connectivity index (χ0n) is 31.6. The number of benzene rings is 9. The van der Waals surface area contributed by atoms with Crippen LogP contribution >= 0.6 is 0 Å². The molecule has 0 saturated heterocycles. The first-order valence-corrected chi connectivity index (χ1v) is 19.9.